The Bertz CT molecular complexity index is 997. The Morgan fingerprint density at radius 3 is 3.00 bits per heavy atom. The second-order valence-corrected chi connectivity index (χ2v) is 5.69. The average Bonchev–Trinajstić information content (AvgIpc) is 3.25. The van der Waals surface area contributed by atoms with Crippen molar-refractivity contribution in [2.24, 2.45) is 0 Å². The van der Waals surface area contributed by atoms with Crippen molar-refractivity contribution >= 4 is 28.8 Å². The van der Waals surface area contributed by atoms with Crippen molar-refractivity contribution in [2.75, 3.05) is 5.32 Å². The summed E-state index contributed by atoms with van der Waals surface area (Å²) >= 11 is 1.38. The number of carbonyl (C=O) groups excluding carboxylic acids is 1. The van der Waals surface area contributed by atoms with Gasteiger partial charge in [0, 0.05) is 23.3 Å². The summed E-state index contributed by atoms with van der Waals surface area (Å²) in [5, 5.41) is 13.1. The molecule has 0 spiro atoms. The SMILES string of the molecule is O=C(Nc1nnc2ccccn12)c1cccc(Oc2nccs2)c1. The molecule has 1 N–H and O–H groups in total. The van der Waals surface area contributed by atoms with Crippen LogP contribution in [-0.4, -0.2) is 25.5 Å². The molecule has 3 heterocycles. The van der Waals surface area contributed by atoms with Crippen molar-refractivity contribution in [1.29, 1.82) is 0 Å². The van der Waals surface area contributed by atoms with Crippen molar-refractivity contribution in [1.82, 2.24) is 19.6 Å². The summed E-state index contributed by atoms with van der Waals surface area (Å²) in [5.41, 5.74) is 1.12. The number of benzene rings is 1. The summed E-state index contributed by atoms with van der Waals surface area (Å²) in [6, 6.07) is 12.4. The standard InChI is InChI=1S/C16H11N5O2S/c22-14(18-15-20-19-13-6-1-2-8-21(13)15)11-4-3-5-12(10-11)23-16-17-7-9-24-16/h1-10H,(H,18,20,22). The molecule has 0 unspecified atom stereocenters. The fourth-order valence-corrected chi connectivity index (χ4v) is 2.67. The van der Waals surface area contributed by atoms with Crippen LogP contribution in [0, 0.1) is 0 Å². The van der Waals surface area contributed by atoms with Crippen LogP contribution in [0.1, 0.15) is 10.4 Å². The molecular weight excluding hydrogens is 326 g/mol. The fourth-order valence-electron chi connectivity index (χ4n) is 2.16. The van der Waals surface area contributed by atoms with Gasteiger partial charge in [-0.05, 0) is 30.3 Å². The van der Waals surface area contributed by atoms with Crippen molar-refractivity contribution in [3.8, 4) is 10.9 Å². The first-order chi connectivity index (χ1) is 11.8. The van der Waals surface area contributed by atoms with Crippen LogP contribution >= 0.6 is 11.3 Å². The summed E-state index contributed by atoms with van der Waals surface area (Å²) in [5.74, 6) is 0.614. The van der Waals surface area contributed by atoms with Gasteiger partial charge >= 0.3 is 0 Å². The number of hydrogen-bond acceptors (Lipinski definition) is 6. The molecule has 24 heavy (non-hydrogen) atoms. The van der Waals surface area contributed by atoms with Gasteiger partial charge in [0.25, 0.3) is 11.1 Å². The monoisotopic (exact) mass is 337 g/mol. The summed E-state index contributed by atoms with van der Waals surface area (Å²) in [6.45, 7) is 0. The molecular formula is C16H11N5O2S. The number of hydrogen-bond donors (Lipinski definition) is 1. The molecule has 1 aromatic carbocycles. The van der Waals surface area contributed by atoms with E-state index in [1.165, 1.54) is 11.3 Å². The minimum atomic E-state index is -0.294. The van der Waals surface area contributed by atoms with Crippen molar-refractivity contribution < 1.29 is 9.53 Å². The normalized spacial score (nSPS) is 10.7. The summed E-state index contributed by atoms with van der Waals surface area (Å²) < 4.78 is 7.31. The van der Waals surface area contributed by atoms with Crippen LogP contribution in [0.25, 0.3) is 5.65 Å². The molecule has 0 atom stereocenters. The maximum Gasteiger partial charge on any atom is 0.278 e. The second kappa shape index (κ2) is 6.09. The van der Waals surface area contributed by atoms with Gasteiger partial charge in [-0.2, -0.15) is 0 Å². The van der Waals surface area contributed by atoms with Crippen LogP contribution in [0.15, 0.2) is 60.2 Å². The Balaban J connectivity index is 1.56. The Kier molecular flexibility index (Phi) is 3.64. The van der Waals surface area contributed by atoms with Gasteiger partial charge in [0.2, 0.25) is 5.95 Å². The van der Waals surface area contributed by atoms with Crippen LogP contribution in [-0.2, 0) is 0 Å². The zero-order chi connectivity index (χ0) is 16.4. The molecule has 4 aromatic rings. The molecule has 0 aliphatic carbocycles. The molecule has 118 valence electrons. The lowest BCUT2D eigenvalue weighted by Gasteiger charge is -2.06. The van der Waals surface area contributed by atoms with Crippen molar-refractivity contribution in [3.63, 3.8) is 0 Å². The highest BCUT2D eigenvalue weighted by Gasteiger charge is 2.12. The first-order valence-corrected chi connectivity index (χ1v) is 7.96. The van der Waals surface area contributed by atoms with E-state index in [1.807, 2.05) is 23.6 Å². The lowest BCUT2D eigenvalue weighted by Crippen LogP contribution is -2.14. The lowest BCUT2D eigenvalue weighted by atomic mass is 10.2. The number of rotatable bonds is 4. The van der Waals surface area contributed by atoms with E-state index < -0.39 is 0 Å². The van der Waals surface area contributed by atoms with Gasteiger partial charge < -0.3 is 4.74 Å². The first-order valence-electron chi connectivity index (χ1n) is 7.08. The first kappa shape index (κ1) is 14.3. The van der Waals surface area contributed by atoms with Gasteiger partial charge in [0.1, 0.15) is 5.75 Å². The third-order valence-electron chi connectivity index (χ3n) is 3.25. The van der Waals surface area contributed by atoms with Crippen LogP contribution in [0.2, 0.25) is 0 Å². The number of nitrogens with zero attached hydrogens (tertiary/aromatic N) is 4. The van der Waals surface area contributed by atoms with E-state index in [-0.39, 0.29) is 5.91 Å². The topological polar surface area (TPSA) is 81.4 Å². The van der Waals surface area contributed by atoms with E-state index >= 15 is 0 Å². The highest BCUT2D eigenvalue weighted by atomic mass is 32.1. The molecule has 8 heteroatoms. The minimum Gasteiger partial charge on any atom is -0.431 e. The number of fused-ring (bicyclic) bond motifs is 1. The number of thiazole rings is 1. The van der Waals surface area contributed by atoms with Crippen molar-refractivity contribution in [2.45, 2.75) is 0 Å². The predicted molar refractivity (Wildman–Crippen MR) is 89.6 cm³/mol. The number of nitrogens with one attached hydrogen (secondary N) is 1. The van der Waals surface area contributed by atoms with E-state index in [0.717, 1.165) is 0 Å². The molecule has 0 saturated heterocycles. The zero-order valence-corrected chi connectivity index (χ0v) is 13.1. The number of pyridine rings is 1. The number of ether oxygens (including phenoxy) is 1. The average molecular weight is 337 g/mol. The third kappa shape index (κ3) is 2.82. The van der Waals surface area contributed by atoms with E-state index in [2.05, 4.69) is 20.5 Å². The molecule has 1 amide bonds. The molecule has 7 nitrogen and oxygen atoms in total. The van der Waals surface area contributed by atoms with E-state index in [4.69, 9.17) is 4.74 Å². The highest BCUT2D eigenvalue weighted by molar-refractivity contribution is 7.11. The van der Waals surface area contributed by atoms with Crippen LogP contribution in [0.4, 0.5) is 5.95 Å². The Hall–Kier alpha value is -3.26. The smallest absolute Gasteiger partial charge is 0.278 e. The summed E-state index contributed by atoms with van der Waals surface area (Å²) in [7, 11) is 0. The van der Waals surface area contributed by atoms with Crippen LogP contribution in [0.5, 0.6) is 10.9 Å². The predicted octanol–water partition coefficient (Wildman–Crippen LogP) is 3.23. The Morgan fingerprint density at radius 2 is 2.12 bits per heavy atom. The molecule has 0 saturated carbocycles. The van der Waals surface area contributed by atoms with E-state index in [0.29, 0.717) is 28.1 Å². The van der Waals surface area contributed by atoms with Gasteiger partial charge in [0.05, 0.1) is 0 Å². The van der Waals surface area contributed by atoms with Crippen LogP contribution in [0.3, 0.4) is 0 Å². The molecule has 3 aromatic heterocycles. The lowest BCUT2D eigenvalue weighted by molar-refractivity contribution is 0.102. The number of anilines is 1. The fraction of sp³-hybridized carbons (Fsp3) is 0. The van der Waals surface area contributed by atoms with Gasteiger partial charge in [0.15, 0.2) is 5.65 Å². The number of aromatic nitrogens is 4. The summed E-state index contributed by atoms with van der Waals surface area (Å²) in [6.07, 6.45) is 3.44. The molecule has 4 rings (SSSR count). The maximum absolute atomic E-state index is 12.4. The molecule has 0 fully saturated rings. The second-order valence-electron chi connectivity index (χ2n) is 4.83. The molecule has 0 aliphatic rings. The largest absolute Gasteiger partial charge is 0.431 e. The van der Waals surface area contributed by atoms with Gasteiger partial charge in [-0.1, -0.05) is 23.5 Å². The van der Waals surface area contributed by atoms with E-state index in [9.17, 15) is 4.79 Å². The quantitative estimate of drug-likeness (QED) is 0.618. The number of carbonyl (C=O) groups is 1. The maximum atomic E-state index is 12.4. The Morgan fingerprint density at radius 1 is 1.17 bits per heavy atom. The Labute approximate surface area is 140 Å². The van der Waals surface area contributed by atoms with Gasteiger partial charge in [-0.25, -0.2) is 4.98 Å². The molecule has 0 aliphatic heterocycles. The highest BCUT2D eigenvalue weighted by Crippen LogP contribution is 2.24. The minimum absolute atomic E-state index is 0.294. The number of amides is 1. The zero-order valence-electron chi connectivity index (χ0n) is 12.3. The van der Waals surface area contributed by atoms with Gasteiger partial charge in [-0.15, -0.1) is 10.2 Å². The third-order valence-corrected chi connectivity index (χ3v) is 3.90. The molecule has 0 radical (unpaired) electrons. The van der Waals surface area contributed by atoms with Crippen molar-refractivity contribution in [3.05, 3.63) is 65.8 Å². The van der Waals surface area contributed by atoms with E-state index in [1.54, 1.807) is 41.1 Å². The van der Waals surface area contributed by atoms with Gasteiger partial charge in [-0.3, -0.25) is 14.5 Å². The molecule has 0 bridgehead atoms. The summed E-state index contributed by atoms with van der Waals surface area (Å²) in [4.78, 5) is 16.5. The van der Waals surface area contributed by atoms with Crippen LogP contribution < -0.4 is 10.1 Å².